The highest BCUT2D eigenvalue weighted by Gasteiger charge is 2.33. The lowest BCUT2D eigenvalue weighted by Crippen LogP contribution is -2.53. The van der Waals surface area contributed by atoms with Gasteiger partial charge < -0.3 is 10.2 Å². The van der Waals surface area contributed by atoms with Crippen molar-refractivity contribution < 1.29 is 18.0 Å². The molecule has 0 saturated heterocycles. The third-order valence-corrected chi connectivity index (χ3v) is 8.03. The molecule has 0 unspecified atom stereocenters. The van der Waals surface area contributed by atoms with Gasteiger partial charge in [0.1, 0.15) is 12.6 Å². The van der Waals surface area contributed by atoms with Crippen molar-refractivity contribution in [3.05, 3.63) is 64.1 Å². The molecule has 2 aromatic carbocycles. The fourth-order valence-corrected chi connectivity index (χ4v) is 5.50. The first-order chi connectivity index (χ1) is 16.6. The third-order valence-electron chi connectivity index (χ3n) is 6.15. The summed E-state index contributed by atoms with van der Waals surface area (Å²) in [6.07, 6.45) is 5.39. The van der Waals surface area contributed by atoms with Gasteiger partial charge in [-0.25, -0.2) is 8.42 Å². The van der Waals surface area contributed by atoms with E-state index >= 15 is 0 Å². The highest BCUT2D eigenvalue weighted by molar-refractivity contribution is 7.92. The Bertz CT molecular complexity index is 1140. The first-order valence-electron chi connectivity index (χ1n) is 11.7. The number of carbonyl (C=O) groups excluding carboxylic acids is 2. The molecule has 7 nitrogen and oxygen atoms in total. The van der Waals surface area contributed by atoms with Gasteiger partial charge >= 0.3 is 0 Å². The van der Waals surface area contributed by atoms with E-state index in [9.17, 15) is 18.0 Å². The van der Waals surface area contributed by atoms with Crippen LogP contribution in [0.4, 0.5) is 5.69 Å². The van der Waals surface area contributed by atoms with E-state index in [0.717, 1.165) is 36.2 Å². The Labute approximate surface area is 217 Å². The third kappa shape index (κ3) is 7.35. The van der Waals surface area contributed by atoms with Crippen LogP contribution in [0.15, 0.2) is 48.5 Å². The van der Waals surface area contributed by atoms with E-state index in [2.05, 4.69) is 5.32 Å². The van der Waals surface area contributed by atoms with Crippen LogP contribution < -0.4 is 9.62 Å². The largest absolute Gasteiger partial charge is 0.352 e. The summed E-state index contributed by atoms with van der Waals surface area (Å²) in [6.45, 7) is 1.48. The van der Waals surface area contributed by atoms with Crippen LogP contribution in [-0.2, 0) is 26.2 Å². The van der Waals surface area contributed by atoms with Gasteiger partial charge in [-0.15, -0.1) is 0 Å². The second-order valence-electron chi connectivity index (χ2n) is 8.79. The summed E-state index contributed by atoms with van der Waals surface area (Å²) in [5.41, 5.74) is 1.06. The SMILES string of the molecule is CC[C@H](C(=O)NC1CCCC1)N(Cc1ccc(Cl)c(Cl)c1)C(=O)CN(c1ccccc1)S(C)(=O)=O. The molecular weight excluding hydrogens is 509 g/mol. The second-order valence-corrected chi connectivity index (χ2v) is 11.5. The van der Waals surface area contributed by atoms with Crippen LogP contribution >= 0.6 is 23.2 Å². The van der Waals surface area contributed by atoms with E-state index in [4.69, 9.17) is 23.2 Å². The van der Waals surface area contributed by atoms with E-state index in [1.807, 2.05) is 6.92 Å². The second kappa shape index (κ2) is 12.1. The van der Waals surface area contributed by atoms with Crippen molar-refractivity contribution in [3.63, 3.8) is 0 Å². The van der Waals surface area contributed by atoms with Gasteiger partial charge in [-0.05, 0) is 49.1 Å². The molecule has 0 heterocycles. The fraction of sp³-hybridized carbons (Fsp3) is 0.440. The molecule has 1 N–H and O–H groups in total. The van der Waals surface area contributed by atoms with E-state index < -0.39 is 28.5 Å². The summed E-state index contributed by atoms with van der Waals surface area (Å²) in [6, 6.07) is 12.8. The molecule has 1 aliphatic rings. The van der Waals surface area contributed by atoms with Crippen molar-refractivity contribution in [1.29, 1.82) is 0 Å². The lowest BCUT2D eigenvalue weighted by Gasteiger charge is -2.33. The lowest BCUT2D eigenvalue weighted by atomic mass is 10.1. The van der Waals surface area contributed by atoms with Gasteiger partial charge in [0.2, 0.25) is 21.8 Å². The standard InChI is InChI=1S/C25H31Cl2N3O4S/c1-3-23(25(32)28-19-9-7-8-10-19)29(16-18-13-14-21(26)22(27)15-18)24(31)17-30(35(2,33)34)20-11-5-4-6-12-20/h4-6,11-15,19,23H,3,7-10,16-17H2,1-2H3,(H,28,32)/t23-/m1/s1. The van der Waals surface area contributed by atoms with E-state index in [-0.39, 0.29) is 18.5 Å². The van der Waals surface area contributed by atoms with Crippen molar-refractivity contribution >= 4 is 50.7 Å². The summed E-state index contributed by atoms with van der Waals surface area (Å²) in [4.78, 5) is 28.3. The van der Waals surface area contributed by atoms with Crippen molar-refractivity contribution in [2.75, 3.05) is 17.1 Å². The Morgan fingerprint density at radius 1 is 1.06 bits per heavy atom. The van der Waals surface area contributed by atoms with Crippen LogP contribution in [0.2, 0.25) is 10.0 Å². The molecule has 0 radical (unpaired) electrons. The highest BCUT2D eigenvalue weighted by Crippen LogP contribution is 2.25. The number of hydrogen-bond acceptors (Lipinski definition) is 4. The number of para-hydroxylation sites is 1. The molecular formula is C25H31Cl2N3O4S. The minimum atomic E-state index is -3.76. The molecule has 0 bridgehead atoms. The van der Waals surface area contributed by atoms with Crippen molar-refractivity contribution in [2.24, 2.45) is 0 Å². The van der Waals surface area contributed by atoms with Gasteiger partial charge in [-0.2, -0.15) is 0 Å². The zero-order valence-corrected chi connectivity index (χ0v) is 22.2. The Balaban J connectivity index is 1.92. The first-order valence-corrected chi connectivity index (χ1v) is 14.3. The minimum absolute atomic E-state index is 0.0821. The number of carbonyl (C=O) groups is 2. The van der Waals surface area contributed by atoms with E-state index in [1.54, 1.807) is 48.5 Å². The zero-order valence-electron chi connectivity index (χ0n) is 19.9. The van der Waals surface area contributed by atoms with E-state index in [1.165, 1.54) is 4.90 Å². The van der Waals surface area contributed by atoms with Crippen LogP contribution in [0.25, 0.3) is 0 Å². The van der Waals surface area contributed by atoms with Crippen molar-refractivity contribution in [2.45, 2.75) is 57.7 Å². The average Bonchev–Trinajstić information content (AvgIpc) is 3.32. The Morgan fingerprint density at radius 3 is 2.29 bits per heavy atom. The van der Waals surface area contributed by atoms with Crippen LogP contribution in [0.1, 0.15) is 44.6 Å². The van der Waals surface area contributed by atoms with Gasteiger partial charge in [-0.3, -0.25) is 13.9 Å². The van der Waals surface area contributed by atoms with Crippen molar-refractivity contribution in [1.82, 2.24) is 10.2 Å². The molecule has 1 aliphatic carbocycles. The van der Waals surface area contributed by atoms with Crippen LogP contribution in [0, 0.1) is 0 Å². The molecule has 35 heavy (non-hydrogen) atoms. The molecule has 0 aliphatic heterocycles. The minimum Gasteiger partial charge on any atom is -0.352 e. The fourth-order valence-electron chi connectivity index (χ4n) is 4.33. The molecule has 3 rings (SSSR count). The summed E-state index contributed by atoms with van der Waals surface area (Å²) in [7, 11) is -3.76. The monoisotopic (exact) mass is 539 g/mol. The average molecular weight is 541 g/mol. The van der Waals surface area contributed by atoms with Crippen molar-refractivity contribution in [3.8, 4) is 0 Å². The number of amides is 2. The van der Waals surface area contributed by atoms with Gasteiger partial charge in [0, 0.05) is 12.6 Å². The molecule has 10 heteroatoms. The Hall–Kier alpha value is -2.29. The Kier molecular flexibility index (Phi) is 9.44. The summed E-state index contributed by atoms with van der Waals surface area (Å²) >= 11 is 12.2. The smallest absolute Gasteiger partial charge is 0.244 e. The van der Waals surface area contributed by atoms with Crippen LogP contribution in [0.5, 0.6) is 0 Å². The molecule has 190 valence electrons. The molecule has 0 aromatic heterocycles. The molecule has 1 saturated carbocycles. The number of anilines is 1. The van der Waals surface area contributed by atoms with E-state index in [0.29, 0.717) is 27.7 Å². The van der Waals surface area contributed by atoms with Crippen LogP contribution in [-0.4, -0.2) is 50.0 Å². The molecule has 2 amide bonds. The lowest BCUT2D eigenvalue weighted by molar-refractivity contribution is -0.140. The normalized spacial score (nSPS) is 15.0. The van der Waals surface area contributed by atoms with Gasteiger partial charge in [0.05, 0.1) is 22.0 Å². The number of nitrogens with zero attached hydrogens (tertiary/aromatic N) is 2. The number of nitrogens with one attached hydrogen (secondary N) is 1. The number of rotatable bonds is 10. The maximum absolute atomic E-state index is 13.7. The van der Waals surface area contributed by atoms with Gasteiger partial charge in [-0.1, -0.05) is 67.2 Å². The highest BCUT2D eigenvalue weighted by atomic mass is 35.5. The number of halogens is 2. The number of sulfonamides is 1. The maximum Gasteiger partial charge on any atom is 0.244 e. The topological polar surface area (TPSA) is 86.8 Å². The molecule has 1 atom stereocenters. The molecule has 1 fully saturated rings. The van der Waals surface area contributed by atoms with Gasteiger partial charge in [0.25, 0.3) is 0 Å². The Morgan fingerprint density at radius 2 is 1.71 bits per heavy atom. The predicted octanol–water partition coefficient (Wildman–Crippen LogP) is 4.63. The molecule has 2 aromatic rings. The van der Waals surface area contributed by atoms with Gasteiger partial charge in [0.15, 0.2) is 0 Å². The number of hydrogen-bond donors (Lipinski definition) is 1. The first kappa shape index (κ1) is 27.3. The zero-order chi connectivity index (χ0) is 25.6. The summed E-state index contributed by atoms with van der Waals surface area (Å²) < 4.78 is 26.2. The molecule has 0 spiro atoms. The number of benzene rings is 2. The summed E-state index contributed by atoms with van der Waals surface area (Å²) in [5.74, 6) is -0.725. The van der Waals surface area contributed by atoms with Crippen LogP contribution in [0.3, 0.4) is 0 Å². The predicted molar refractivity (Wildman–Crippen MR) is 140 cm³/mol. The summed E-state index contributed by atoms with van der Waals surface area (Å²) in [5, 5.41) is 3.79. The maximum atomic E-state index is 13.7. The quantitative estimate of drug-likeness (QED) is 0.476.